The SMILES string of the molecule is C#CCCN1CCCC(C(C)N)C1. The molecular formula is C11H20N2. The Labute approximate surface area is 81.5 Å². The molecule has 1 rings (SSSR count). The first kappa shape index (κ1) is 10.6. The summed E-state index contributed by atoms with van der Waals surface area (Å²) >= 11 is 0. The van der Waals surface area contributed by atoms with Crippen molar-refractivity contribution in [1.82, 2.24) is 4.90 Å². The second-order valence-electron chi connectivity index (χ2n) is 4.02. The molecule has 0 bridgehead atoms. The largest absolute Gasteiger partial charge is 0.328 e. The summed E-state index contributed by atoms with van der Waals surface area (Å²) in [7, 11) is 0. The van der Waals surface area contributed by atoms with E-state index >= 15 is 0 Å². The molecule has 0 aromatic carbocycles. The van der Waals surface area contributed by atoms with Crippen molar-refractivity contribution < 1.29 is 0 Å². The maximum absolute atomic E-state index is 5.89. The number of rotatable bonds is 3. The van der Waals surface area contributed by atoms with E-state index in [2.05, 4.69) is 17.7 Å². The van der Waals surface area contributed by atoms with Crippen LogP contribution in [0.3, 0.4) is 0 Å². The van der Waals surface area contributed by atoms with Crippen molar-refractivity contribution in [3.63, 3.8) is 0 Å². The minimum Gasteiger partial charge on any atom is -0.328 e. The van der Waals surface area contributed by atoms with Crippen LogP contribution in [0.1, 0.15) is 26.2 Å². The molecule has 1 aliphatic rings. The third-order valence-electron chi connectivity index (χ3n) is 2.86. The van der Waals surface area contributed by atoms with Crippen LogP contribution in [0.2, 0.25) is 0 Å². The Bertz CT molecular complexity index is 181. The maximum atomic E-state index is 5.89. The van der Waals surface area contributed by atoms with Gasteiger partial charge < -0.3 is 10.6 Å². The van der Waals surface area contributed by atoms with Crippen molar-refractivity contribution in [2.45, 2.75) is 32.2 Å². The summed E-state index contributed by atoms with van der Waals surface area (Å²) in [6, 6.07) is 0.327. The van der Waals surface area contributed by atoms with Crippen LogP contribution in [-0.4, -0.2) is 30.6 Å². The summed E-state index contributed by atoms with van der Waals surface area (Å²) in [4.78, 5) is 2.44. The van der Waals surface area contributed by atoms with Gasteiger partial charge in [0.15, 0.2) is 0 Å². The Morgan fingerprint density at radius 3 is 3.08 bits per heavy atom. The van der Waals surface area contributed by atoms with E-state index in [1.165, 1.54) is 19.4 Å². The molecule has 0 saturated carbocycles. The van der Waals surface area contributed by atoms with E-state index in [1.54, 1.807) is 0 Å². The molecule has 74 valence electrons. The van der Waals surface area contributed by atoms with Gasteiger partial charge in [-0.05, 0) is 32.2 Å². The lowest BCUT2D eigenvalue weighted by molar-refractivity contribution is 0.164. The van der Waals surface area contributed by atoms with Gasteiger partial charge in [-0.3, -0.25) is 0 Å². The molecule has 0 spiro atoms. The molecule has 2 heteroatoms. The number of hydrogen-bond donors (Lipinski definition) is 1. The molecule has 1 saturated heterocycles. The van der Waals surface area contributed by atoms with E-state index in [1.807, 2.05) is 0 Å². The summed E-state index contributed by atoms with van der Waals surface area (Å²) < 4.78 is 0. The minimum atomic E-state index is 0.327. The van der Waals surface area contributed by atoms with Gasteiger partial charge in [-0.2, -0.15) is 0 Å². The highest BCUT2D eigenvalue weighted by atomic mass is 15.1. The fourth-order valence-electron chi connectivity index (χ4n) is 1.95. The van der Waals surface area contributed by atoms with Gasteiger partial charge in [0.1, 0.15) is 0 Å². The summed E-state index contributed by atoms with van der Waals surface area (Å²) in [6.45, 7) is 5.49. The fourth-order valence-corrected chi connectivity index (χ4v) is 1.95. The summed E-state index contributed by atoms with van der Waals surface area (Å²) in [5.74, 6) is 3.36. The zero-order valence-corrected chi connectivity index (χ0v) is 8.50. The average Bonchev–Trinajstić information content (AvgIpc) is 2.15. The number of terminal acetylenes is 1. The van der Waals surface area contributed by atoms with Crippen molar-refractivity contribution in [2.24, 2.45) is 11.7 Å². The maximum Gasteiger partial charge on any atom is 0.0214 e. The number of nitrogens with zero attached hydrogens (tertiary/aromatic N) is 1. The number of piperidine rings is 1. The van der Waals surface area contributed by atoms with Crippen LogP contribution in [0.5, 0.6) is 0 Å². The lowest BCUT2D eigenvalue weighted by Crippen LogP contribution is -2.42. The third-order valence-corrected chi connectivity index (χ3v) is 2.86. The molecule has 0 radical (unpaired) electrons. The van der Waals surface area contributed by atoms with Crippen LogP contribution in [-0.2, 0) is 0 Å². The van der Waals surface area contributed by atoms with E-state index in [-0.39, 0.29) is 0 Å². The number of hydrogen-bond acceptors (Lipinski definition) is 2. The first-order chi connectivity index (χ1) is 6.24. The Hall–Kier alpha value is -0.520. The molecule has 2 unspecified atom stereocenters. The van der Waals surface area contributed by atoms with Crippen molar-refractivity contribution in [2.75, 3.05) is 19.6 Å². The second-order valence-corrected chi connectivity index (χ2v) is 4.02. The zero-order chi connectivity index (χ0) is 9.68. The molecule has 1 heterocycles. The standard InChI is InChI=1S/C11H20N2/c1-3-4-7-13-8-5-6-11(9-13)10(2)12/h1,10-11H,4-9,12H2,2H3. The number of nitrogens with two attached hydrogens (primary N) is 1. The first-order valence-electron chi connectivity index (χ1n) is 5.15. The molecule has 0 aromatic heterocycles. The molecule has 1 aliphatic heterocycles. The summed E-state index contributed by atoms with van der Waals surface area (Å²) in [5, 5.41) is 0. The Morgan fingerprint density at radius 1 is 1.69 bits per heavy atom. The van der Waals surface area contributed by atoms with Crippen LogP contribution >= 0.6 is 0 Å². The highest BCUT2D eigenvalue weighted by Gasteiger charge is 2.21. The van der Waals surface area contributed by atoms with Crippen molar-refractivity contribution in [3.8, 4) is 12.3 Å². The van der Waals surface area contributed by atoms with Gasteiger partial charge in [0.05, 0.1) is 0 Å². The monoisotopic (exact) mass is 180 g/mol. The number of likely N-dealkylation sites (tertiary alicyclic amines) is 1. The van der Waals surface area contributed by atoms with E-state index in [4.69, 9.17) is 12.2 Å². The Balaban J connectivity index is 2.29. The van der Waals surface area contributed by atoms with Gasteiger partial charge in [0.2, 0.25) is 0 Å². The molecule has 2 N–H and O–H groups in total. The Morgan fingerprint density at radius 2 is 2.46 bits per heavy atom. The van der Waals surface area contributed by atoms with E-state index < -0.39 is 0 Å². The van der Waals surface area contributed by atoms with Crippen LogP contribution in [0.25, 0.3) is 0 Å². The van der Waals surface area contributed by atoms with Gasteiger partial charge in [-0.1, -0.05) is 0 Å². The van der Waals surface area contributed by atoms with Gasteiger partial charge in [0, 0.05) is 25.6 Å². The lowest BCUT2D eigenvalue weighted by Gasteiger charge is -2.34. The fraction of sp³-hybridized carbons (Fsp3) is 0.818. The van der Waals surface area contributed by atoms with E-state index in [0.717, 1.165) is 19.5 Å². The van der Waals surface area contributed by atoms with Gasteiger partial charge in [-0.15, -0.1) is 12.3 Å². The summed E-state index contributed by atoms with van der Waals surface area (Å²) in [5.41, 5.74) is 5.89. The average molecular weight is 180 g/mol. The van der Waals surface area contributed by atoms with Gasteiger partial charge >= 0.3 is 0 Å². The predicted octanol–water partition coefficient (Wildman–Crippen LogP) is 1.07. The van der Waals surface area contributed by atoms with Crippen molar-refractivity contribution in [1.29, 1.82) is 0 Å². The van der Waals surface area contributed by atoms with Crippen LogP contribution in [0.4, 0.5) is 0 Å². The lowest BCUT2D eigenvalue weighted by atomic mass is 9.92. The molecule has 13 heavy (non-hydrogen) atoms. The molecule has 2 atom stereocenters. The van der Waals surface area contributed by atoms with Crippen LogP contribution in [0, 0.1) is 18.3 Å². The van der Waals surface area contributed by atoms with Gasteiger partial charge in [0.25, 0.3) is 0 Å². The first-order valence-corrected chi connectivity index (χ1v) is 5.15. The van der Waals surface area contributed by atoms with Crippen molar-refractivity contribution in [3.05, 3.63) is 0 Å². The smallest absolute Gasteiger partial charge is 0.0214 e. The van der Waals surface area contributed by atoms with Gasteiger partial charge in [-0.25, -0.2) is 0 Å². The van der Waals surface area contributed by atoms with Crippen molar-refractivity contribution >= 4 is 0 Å². The molecule has 2 nitrogen and oxygen atoms in total. The van der Waals surface area contributed by atoms with Crippen LogP contribution < -0.4 is 5.73 Å². The molecule has 0 amide bonds. The normalized spacial score (nSPS) is 26.7. The minimum absolute atomic E-state index is 0.327. The highest BCUT2D eigenvalue weighted by molar-refractivity contribution is 4.86. The second kappa shape index (κ2) is 5.26. The topological polar surface area (TPSA) is 29.3 Å². The zero-order valence-electron chi connectivity index (χ0n) is 8.50. The molecule has 0 aromatic rings. The highest BCUT2D eigenvalue weighted by Crippen LogP contribution is 2.18. The van der Waals surface area contributed by atoms with Crippen LogP contribution in [0.15, 0.2) is 0 Å². The van der Waals surface area contributed by atoms with E-state index in [9.17, 15) is 0 Å². The Kier molecular flexibility index (Phi) is 4.27. The predicted molar refractivity (Wildman–Crippen MR) is 56.3 cm³/mol. The molecular weight excluding hydrogens is 160 g/mol. The van der Waals surface area contributed by atoms with E-state index in [0.29, 0.717) is 12.0 Å². The third kappa shape index (κ3) is 3.38. The summed E-state index contributed by atoms with van der Waals surface area (Å²) in [6.07, 6.45) is 8.66. The molecule has 1 fully saturated rings. The quantitative estimate of drug-likeness (QED) is 0.658. The molecule has 0 aliphatic carbocycles.